The molecule has 0 spiro atoms. The number of carbonyl (C=O) groups excluding carboxylic acids is 1. The monoisotopic (exact) mass is 596 g/mol. The minimum atomic E-state index is -0.421. The van der Waals surface area contributed by atoms with Gasteiger partial charge in [0, 0.05) is 42.6 Å². The van der Waals surface area contributed by atoms with Gasteiger partial charge in [0.05, 0.1) is 23.3 Å². The molecule has 3 atom stereocenters. The normalized spacial score (nSPS) is 21.4. The van der Waals surface area contributed by atoms with E-state index in [4.69, 9.17) is 21.3 Å². The fourth-order valence-corrected chi connectivity index (χ4v) is 7.76. The molecule has 2 saturated carbocycles. The summed E-state index contributed by atoms with van der Waals surface area (Å²) in [4.78, 5) is 21.0. The van der Waals surface area contributed by atoms with E-state index in [0.29, 0.717) is 35.1 Å². The highest BCUT2D eigenvalue weighted by Crippen LogP contribution is 2.44. The number of benzene rings is 3. The van der Waals surface area contributed by atoms with Gasteiger partial charge in [-0.15, -0.1) is 0 Å². The van der Waals surface area contributed by atoms with Crippen LogP contribution in [0.5, 0.6) is 5.75 Å². The van der Waals surface area contributed by atoms with Gasteiger partial charge in [-0.05, 0) is 91.0 Å². The largest absolute Gasteiger partial charge is 0.494 e. The summed E-state index contributed by atoms with van der Waals surface area (Å²) in [6.07, 6.45) is 4.73. The van der Waals surface area contributed by atoms with Crippen molar-refractivity contribution in [3.05, 3.63) is 71.0 Å². The lowest BCUT2D eigenvalue weighted by Crippen LogP contribution is -2.38. The maximum absolute atomic E-state index is 13.9. The van der Waals surface area contributed by atoms with E-state index in [0.717, 1.165) is 64.1 Å². The number of amides is 1. The molecule has 1 saturated heterocycles. The molecule has 6 nitrogen and oxygen atoms in total. The van der Waals surface area contributed by atoms with Gasteiger partial charge in [-0.3, -0.25) is 4.79 Å². The second-order valence-electron chi connectivity index (χ2n) is 12.7. The fraction of sp³-hybridized carbons (Fsp3) is 0.371. The Kier molecular flexibility index (Phi) is 6.13. The molecule has 8 rings (SSSR count). The number of methoxy groups -OCH3 is 1. The standard InChI is InChI=1S/C35H34ClFN4O2/c1-19-24-9-11-29(19)41(18-24)35(42)25-13-28-33(32(16-25)43-3)39(2)34(38-28)31-15-23-7-6-22(21-8-10-27(37)26(36)12-21)14-30(23)40(31)17-20-4-5-20/h6-8,10,12-16,19-20,24,29H,4-5,9,11,17-18H2,1-3H3/t19-,24?,29?/m1/s1. The minimum Gasteiger partial charge on any atom is -0.494 e. The predicted octanol–water partition coefficient (Wildman–Crippen LogP) is 7.94. The molecule has 2 bridgehead atoms. The van der Waals surface area contributed by atoms with Crippen LogP contribution >= 0.6 is 11.6 Å². The summed E-state index contributed by atoms with van der Waals surface area (Å²) in [6, 6.07) is 17.5. The van der Waals surface area contributed by atoms with E-state index < -0.39 is 5.82 Å². The van der Waals surface area contributed by atoms with Gasteiger partial charge in [-0.25, -0.2) is 9.37 Å². The summed E-state index contributed by atoms with van der Waals surface area (Å²) >= 11 is 6.12. The number of imidazole rings is 1. The van der Waals surface area contributed by atoms with Crippen molar-refractivity contribution >= 4 is 39.4 Å². The molecule has 2 aromatic heterocycles. The molecule has 8 heteroatoms. The van der Waals surface area contributed by atoms with Gasteiger partial charge in [0.25, 0.3) is 5.91 Å². The number of fused-ring (bicyclic) bond motifs is 4. The number of nitrogens with zero attached hydrogens (tertiary/aromatic N) is 4. The number of rotatable bonds is 6. The molecule has 2 unspecified atom stereocenters. The van der Waals surface area contributed by atoms with Crippen molar-refractivity contribution < 1.29 is 13.9 Å². The molecular formula is C35H34ClFN4O2. The number of hydrogen-bond donors (Lipinski definition) is 0. The van der Waals surface area contributed by atoms with Gasteiger partial charge < -0.3 is 18.8 Å². The zero-order chi connectivity index (χ0) is 29.6. The molecule has 1 aliphatic heterocycles. The molecule has 3 aromatic carbocycles. The third-order valence-corrected chi connectivity index (χ3v) is 10.5. The first-order valence-electron chi connectivity index (χ1n) is 15.2. The average Bonchev–Trinajstić information content (AvgIpc) is 3.42. The Morgan fingerprint density at radius 2 is 1.84 bits per heavy atom. The van der Waals surface area contributed by atoms with Crippen LogP contribution in [0, 0.1) is 23.6 Å². The van der Waals surface area contributed by atoms with Crippen LogP contribution in [-0.2, 0) is 13.6 Å². The summed E-state index contributed by atoms with van der Waals surface area (Å²) in [5, 5.41) is 1.23. The third-order valence-electron chi connectivity index (χ3n) is 10.2. The summed E-state index contributed by atoms with van der Waals surface area (Å²) in [5.74, 6) is 2.93. The Bertz CT molecular complexity index is 1940. The van der Waals surface area contributed by atoms with Gasteiger partial charge in [-0.2, -0.15) is 0 Å². The van der Waals surface area contributed by atoms with Crippen LogP contribution in [-0.4, -0.2) is 44.6 Å². The highest BCUT2D eigenvalue weighted by molar-refractivity contribution is 6.31. The van der Waals surface area contributed by atoms with E-state index >= 15 is 0 Å². The number of piperidine rings is 1. The Hall–Kier alpha value is -3.84. The minimum absolute atomic E-state index is 0.0720. The first-order valence-corrected chi connectivity index (χ1v) is 15.6. The predicted molar refractivity (Wildman–Crippen MR) is 168 cm³/mol. The van der Waals surface area contributed by atoms with Crippen LogP contribution < -0.4 is 4.74 Å². The van der Waals surface area contributed by atoms with E-state index in [9.17, 15) is 9.18 Å². The van der Waals surface area contributed by atoms with E-state index in [1.807, 2.05) is 19.2 Å². The number of aromatic nitrogens is 3. The topological polar surface area (TPSA) is 52.3 Å². The molecule has 3 fully saturated rings. The maximum atomic E-state index is 13.9. The van der Waals surface area contributed by atoms with Gasteiger partial charge in [-0.1, -0.05) is 36.7 Å². The Morgan fingerprint density at radius 1 is 1.05 bits per heavy atom. The van der Waals surface area contributed by atoms with Gasteiger partial charge in [0.1, 0.15) is 17.1 Å². The van der Waals surface area contributed by atoms with Crippen molar-refractivity contribution in [1.29, 1.82) is 0 Å². The molecule has 3 aliphatic rings. The number of hydrogen-bond acceptors (Lipinski definition) is 3. The molecule has 0 N–H and O–H groups in total. The van der Waals surface area contributed by atoms with E-state index in [1.165, 1.54) is 25.3 Å². The fourth-order valence-electron chi connectivity index (χ4n) is 7.58. The zero-order valence-electron chi connectivity index (χ0n) is 24.6. The van der Waals surface area contributed by atoms with Gasteiger partial charge in [0.2, 0.25) is 0 Å². The van der Waals surface area contributed by atoms with Crippen LogP contribution in [0.15, 0.2) is 54.6 Å². The molecular weight excluding hydrogens is 563 g/mol. The zero-order valence-corrected chi connectivity index (χ0v) is 25.4. The summed E-state index contributed by atoms with van der Waals surface area (Å²) in [6.45, 7) is 4.01. The van der Waals surface area contributed by atoms with Crippen molar-refractivity contribution in [1.82, 2.24) is 19.0 Å². The Balaban J connectivity index is 1.24. The van der Waals surface area contributed by atoms with Crippen molar-refractivity contribution in [2.45, 2.75) is 45.2 Å². The van der Waals surface area contributed by atoms with Crippen molar-refractivity contribution in [2.75, 3.05) is 13.7 Å². The first kappa shape index (κ1) is 26.8. The molecule has 2 aliphatic carbocycles. The highest BCUT2D eigenvalue weighted by atomic mass is 35.5. The smallest absolute Gasteiger partial charge is 0.254 e. The lowest BCUT2D eigenvalue weighted by molar-refractivity contribution is 0.0696. The molecule has 1 amide bonds. The first-order chi connectivity index (χ1) is 20.8. The van der Waals surface area contributed by atoms with E-state index in [1.54, 1.807) is 19.2 Å². The molecule has 43 heavy (non-hydrogen) atoms. The number of aryl methyl sites for hydroxylation is 1. The second-order valence-corrected chi connectivity index (χ2v) is 13.2. The molecule has 3 heterocycles. The van der Waals surface area contributed by atoms with Crippen LogP contribution in [0.1, 0.15) is 43.0 Å². The SMILES string of the molecule is COc1cc(C(=O)N2CC3CCC2[C@@H]3C)cc2nc(-c3cc4ccc(-c5ccc(F)c(Cl)c5)cc4n3CC3CC3)n(C)c12. The van der Waals surface area contributed by atoms with E-state index in [-0.39, 0.29) is 10.9 Å². The lowest BCUT2D eigenvalue weighted by atomic mass is 10.0. The van der Waals surface area contributed by atoms with Gasteiger partial charge in [0.15, 0.2) is 5.82 Å². The third kappa shape index (κ3) is 4.27. The van der Waals surface area contributed by atoms with Crippen LogP contribution in [0.2, 0.25) is 5.02 Å². The average molecular weight is 597 g/mol. The second kappa shape index (κ2) is 9.84. The van der Waals surface area contributed by atoms with Crippen LogP contribution in [0.3, 0.4) is 0 Å². The number of halogens is 2. The summed E-state index contributed by atoms with van der Waals surface area (Å²) in [7, 11) is 3.67. The van der Waals surface area contributed by atoms with E-state index in [2.05, 4.69) is 45.2 Å². The lowest BCUT2D eigenvalue weighted by Gasteiger charge is -2.27. The van der Waals surface area contributed by atoms with Crippen molar-refractivity contribution in [3.63, 3.8) is 0 Å². The summed E-state index contributed by atoms with van der Waals surface area (Å²) < 4.78 is 24.2. The van der Waals surface area contributed by atoms with Gasteiger partial charge >= 0.3 is 0 Å². The van der Waals surface area contributed by atoms with Crippen LogP contribution in [0.4, 0.5) is 4.39 Å². The van der Waals surface area contributed by atoms with Crippen molar-refractivity contribution in [2.24, 2.45) is 24.8 Å². The van der Waals surface area contributed by atoms with Crippen LogP contribution in [0.25, 0.3) is 44.6 Å². The quantitative estimate of drug-likeness (QED) is 0.200. The number of ether oxygens (including phenoxy) is 1. The highest BCUT2D eigenvalue weighted by Gasteiger charge is 2.46. The Labute approximate surface area is 255 Å². The number of carbonyl (C=O) groups is 1. The summed E-state index contributed by atoms with van der Waals surface area (Å²) in [5.41, 5.74) is 6.24. The molecule has 220 valence electrons. The number of likely N-dealkylation sites (tertiary alicyclic amines) is 1. The maximum Gasteiger partial charge on any atom is 0.254 e. The Morgan fingerprint density at radius 3 is 2.53 bits per heavy atom. The molecule has 5 aromatic rings. The molecule has 0 radical (unpaired) electrons. The van der Waals surface area contributed by atoms with Crippen molar-refractivity contribution in [3.8, 4) is 28.4 Å².